The maximum Gasteiger partial charge on any atom is 0.306 e. The molecule has 0 aliphatic carbocycles. The van der Waals surface area contributed by atoms with Crippen LogP contribution in [0.5, 0.6) is 0 Å². The quantitative estimate of drug-likeness (QED) is 0.431. The first kappa shape index (κ1) is 21.4. The molecule has 2 rings (SSSR count). The lowest BCUT2D eigenvalue weighted by Gasteiger charge is -2.10. The number of ether oxygens (including phenoxy) is 3. The Balaban J connectivity index is 1.84. The Morgan fingerprint density at radius 1 is 0.857 bits per heavy atom. The summed E-state index contributed by atoms with van der Waals surface area (Å²) in [6, 6.07) is 19.9. The Bertz CT molecular complexity index is 753. The molecule has 0 heterocycles. The topological polar surface area (TPSA) is 61.8 Å². The van der Waals surface area contributed by atoms with Gasteiger partial charge < -0.3 is 14.2 Å². The van der Waals surface area contributed by atoms with Crippen molar-refractivity contribution < 1.29 is 23.8 Å². The molecule has 0 radical (unpaired) electrons. The van der Waals surface area contributed by atoms with E-state index in [1.165, 1.54) is 7.11 Å². The van der Waals surface area contributed by atoms with E-state index in [9.17, 15) is 9.59 Å². The predicted octanol–water partition coefficient (Wildman–Crippen LogP) is 4.17. The van der Waals surface area contributed by atoms with Gasteiger partial charge >= 0.3 is 11.9 Å². The molecule has 0 aliphatic rings. The van der Waals surface area contributed by atoms with Crippen molar-refractivity contribution in [3.8, 4) is 0 Å². The molecule has 0 aliphatic heterocycles. The first-order valence-electron chi connectivity index (χ1n) is 9.27. The van der Waals surface area contributed by atoms with Gasteiger partial charge in [0.2, 0.25) is 0 Å². The van der Waals surface area contributed by atoms with Crippen molar-refractivity contribution in [1.29, 1.82) is 0 Å². The van der Waals surface area contributed by atoms with Crippen LogP contribution in [0.2, 0.25) is 0 Å². The van der Waals surface area contributed by atoms with Crippen molar-refractivity contribution in [1.82, 2.24) is 0 Å². The molecule has 0 saturated heterocycles. The molecule has 0 bridgehead atoms. The van der Waals surface area contributed by atoms with Crippen LogP contribution in [-0.4, -0.2) is 32.3 Å². The van der Waals surface area contributed by atoms with E-state index in [0.29, 0.717) is 19.6 Å². The van der Waals surface area contributed by atoms with Crippen LogP contribution in [0.25, 0.3) is 5.57 Å². The number of esters is 2. The number of benzene rings is 2. The molecule has 5 heteroatoms. The molecule has 2 aromatic rings. The molecular formula is C23H26O5. The summed E-state index contributed by atoms with van der Waals surface area (Å²) in [5.74, 6) is -0.845. The normalized spacial score (nSPS) is 11.1. The number of hydrogen-bond acceptors (Lipinski definition) is 5. The predicted molar refractivity (Wildman–Crippen MR) is 107 cm³/mol. The van der Waals surface area contributed by atoms with Gasteiger partial charge in [0.15, 0.2) is 0 Å². The van der Waals surface area contributed by atoms with Crippen molar-refractivity contribution in [2.24, 2.45) is 0 Å². The maximum absolute atomic E-state index is 11.7. The number of carbonyl (C=O) groups excluding carboxylic acids is 2. The Morgan fingerprint density at radius 2 is 1.50 bits per heavy atom. The molecule has 0 atom stereocenters. The van der Waals surface area contributed by atoms with Crippen LogP contribution in [-0.2, 0) is 30.4 Å². The van der Waals surface area contributed by atoms with Gasteiger partial charge in [0.25, 0.3) is 0 Å². The first-order chi connectivity index (χ1) is 13.7. The summed E-state index contributed by atoms with van der Waals surface area (Å²) in [7, 11) is 1.29. The highest BCUT2D eigenvalue weighted by Gasteiger charge is 2.08. The fraction of sp³-hybridized carbons (Fsp3) is 0.304. The molecule has 5 nitrogen and oxygen atoms in total. The molecule has 2 aromatic carbocycles. The summed E-state index contributed by atoms with van der Waals surface area (Å²) in [4.78, 5) is 22.8. The monoisotopic (exact) mass is 382 g/mol. The number of methoxy groups -OCH3 is 1. The molecule has 0 aromatic heterocycles. The minimum Gasteiger partial charge on any atom is -0.469 e. The third-order valence-electron chi connectivity index (χ3n) is 4.11. The Morgan fingerprint density at radius 3 is 2.18 bits per heavy atom. The van der Waals surface area contributed by atoms with Crippen LogP contribution >= 0.6 is 0 Å². The van der Waals surface area contributed by atoms with Crippen molar-refractivity contribution in [2.45, 2.75) is 25.9 Å². The minimum absolute atomic E-state index is 0.0152. The molecule has 0 saturated carbocycles. The van der Waals surface area contributed by atoms with Gasteiger partial charge in [0.1, 0.15) is 6.61 Å². The Kier molecular flexibility index (Phi) is 9.52. The smallest absolute Gasteiger partial charge is 0.306 e. The number of rotatable bonds is 11. The van der Waals surface area contributed by atoms with Gasteiger partial charge in [0, 0.05) is 0 Å². The zero-order chi connectivity index (χ0) is 20.0. The highest BCUT2D eigenvalue weighted by molar-refractivity contribution is 5.77. The number of hydrogen-bond donors (Lipinski definition) is 0. The molecule has 0 N–H and O–H groups in total. The van der Waals surface area contributed by atoms with Gasteiger partial charge in [-0.15, -0.1) is 0 Å². The second-order valence-corrected chi connectivity index (χ2v) is 6.14. The summed E-state index contributed by atoms with van der Waals surface area (Å²) in [6.45, 7) is 1.28. The highest BCUT2D eigenvalue weighted by atomic mass is 16.5. The zero-order valence-electron chi connectivity index (χ0n) is 16.1. The van der Waals surface area contributed by atoms with E-state index < -0.39 is 11.9 Å². The first-order valence-corrected chi connectivity index (χ1v) is 9.27. The molecule has 148 valence electrons. The Hall–Kier alpha value is -2.92. The van der Waals surface area contributed by atoms with Crippen molar-refractivity contribution in [3.05, 3.63) is 77.9 Å². The van der Waals surface area contributed by atoms with E-state index in [1.807, 2.05) is 66.7 Å². The molecule has 0 unspecified atom stereocenters. The molecule has 0 fully saturated rings. The summed E-state index contributed by atoms with van der Waals surface area (Å²) < 4.78 is 15.5. The van der Waals surface area contributed by atoms with Crippen molar-refractivity contribution >= 4 is 17.5 Å². The van der Waals surface area contributed by atoms with E-state index in [0.717, 1.165) is 16.7 Å². The lowest BCUT2D eigenvalue weighted by atomic mass is 10.0. The molecular weight excluding hydrogens is 356 g/mol. The van der Waals surface area contributed by atoms with Gasteiger partial charge in [-0.2, -0.15) is 0 Å². The second-order valence-electron chi connectivity index (χ2n) is 6.14. The van der Waals surface area contributed by atoms with E-state index in [-0.39, 0.29) is 19.4 Å². The summed E-state index contributed by atoms with van der Waals surface area (Å²) in [5.41, 5.74) is 3.25. The van der Waals surface area contributed by atoms with E-state index in [4.69, 9.17) is 9.47 Å². The summed E-state index contributed by atoms with van der Waals surface area (Å²) in [5, 5.41) is 0. The standard InChI is InChI=1S/C23H26O5/c1-26-22(24)12-13-23(25)28-17-15-21(20-10-6-3-7-11-20)14-16-27-18-19-8-4-2-5-9-19/h2-11,15H,12-14,16-18H2,1H3/b21-15-. The lowest BCUT2D eigenvalue weighted by Crippen LogP contribution is -2.09. The van der Waals surface area contributed by atoms with Gasteiger partial charge in [0.05, 0.1) is 33.2 Å². The van der Waals surface area contributed by atoms with Crippen LogP contribution in [0.1, 0.15) is 30.4 Å². The highest BCUT2D eigenvalue weighted by Crippen LogP contribution is 2.18. The average molecular weight is 382 g/mol. The van der Waals surface area contributed by atoms with Gasteiger partial charge in [-0.05, 0) is 29.2 Å². The van der Waals surface area contributed by atoms with Gasteiger partial charge in [-0.1, -0.05) is 60.7 Å². The summed E-state index contributed by atoms with van der Waals surface area (Å²) in [6.07, 6.45) is 2.63. The third kappa shape index (κ3) is 8.18. The summed E-state index contributed by atoms with van der Waals surface area (Å²) >= 11 is 0. The molecule has 28 heavy (non-hydrogen) atoms. The Labute approximate surface area is 165 Å². The van der Waals surface area contributed by atoms with Crippen molar-refractivity contribution in [3.63, 3.8) is 0 Å². The van der Waals surface area contributed by atoms with Gasteiger partial charge in [-0.25, -0.2) is 0 Å². The third-order valence-corrected chi connectivity index (χ3v) is 4.11. The molecule has 0 spiro atoms. The number of carbonyl (C=O) groups is 2. The fourth-order valence-electron chi connectivity index (χ4n) is 2.58. The lowest BCUT2D eigenvalue weighted by molar-refractivity contribution is -0.148. The van der Waals surface area contributed by atoms with Crippen LogP contribution in [0.3, 0.4) is 0 Å². The van der Waals surface area contributed by atoms with E-state index >= 15 is 0 Å². The van der Waals surface area contributed by atoms with E-state index in [1.54, 1.807) is 0 Å². The maximum atomic E-state index is 11.7. The molecule has 0 amide bonds. The zero-order valence-corrected chi connectivity index (χ0v) is 16.1. The second kappa shape index (κ2) is 12.5. The van der Waals surface area contributed by atoms with Crippen LogP contribution in [0.4, 0.5) is 0 Å². The van der Waals surface area contributed by atoms with Crippen molar-refractivity contribution in [2.75, 3.05) is 20.3 Å². The van der Waals surface area contributed by atoms with Crippen LogP contribution in [0, 0.1) is 0 Å². The SMILES string of the molecule is COC(=O)CCC(=O)OC/C=C(/CCOCc1ccccc1)c1ccccc1. The van der Waals surface area contributed by atoms with Crippen LogP contribution < -0.4 is 0 Å². The van der Waals surface area contributed by atoms with Gasteiger partial charge in [-0.3, -0.25) is 9.59 Å². The minimum atomic E-state index is -0.423. The largest absolute Gasteiger partial charge is 0.469 e. The average Bonchev–Trinajstić information content (AvgIpc) is 2.75. The fourth-order valence-corrected chi connectivity index (χ4v) is 2.58. The van der Waals surface area contributed by atoms with E-state index in [2.05, 4.69) is 4.74 Å². The van der Waals surface area contributed by atoms with Crippen LogP contribution in [0.15, 0.2) is 66.7 Å².